The van der Waals surface area contributed by atoms with Crippen molar-refractivity contribution in [1.82, 2.24) is 9.97 Å². The van der Waals surface area contributed by atoms with Gasteiger partial charge >= 0.3 is 0 Å². The van der Waals surface area contributed by atoms with Gasteiger partial charge in [0.05, 0.1) is 35.3 Å². The van der Waals surface area contributed by atoms with Crippen LogP contribution in [0.25, 0.3) is 10.9 Å². The molecule has 5 nitrogen and oxygen atoms in total. The highest BCUT2D eigenvalue weighted by atomic mass is 32.1. The quantitative estimate of drug-likeness (QED) is 0.648. The second kappa shape index (κ2) is 7.18. The van der Waals surface area contributed by atoms with Crippen LogP contribution in [0.3, 0.4) is 0 Å². The standard InChI is InChI=1S/C23H25N3O2S/c1-23(2)12-18-21(19(27)13-23)29-22(25-18)26-9-10-28-14-17(26)11-16-6-3-5-15-7-4-8-24-20(15)16/h3-8,17H,9-14H2,1-2H3. The van der Waals surface area contributed by atoms with Gasteiger partial charge in [0.25, 0.3) is 0 Å². The monoisotopic (exact) mass is 407 g/mol. The van der Waals surface area contributed by atoms with E-state index in [0.29, 0.717) is 19.6 Å². The summed E-state index contributed by atoms with van der Waals surface area (Å²) in [5.74, 6) is 0.239. The van der Waals surface area contributed by atoms with E-state index in [1.54, 1.807) is 11.3 Å². The maximum atomic E-state index is 12.6. The number of anilines is 1. The number of pyridine rings is 1. The lowest BCUT2D eigenvalue weighted by Crippen LogP contribution is -2.46. The van der Waals surface area contributed by atoms with E-state index in [-0.39, 0.29) is 17.2 Å². The molecule has 0 saturated carbocycles. The number of aromatic nitrogens is 2. The predicted molar refractivity (Wildman–Crippen MR) is 116 cm³/mol. The normalized spacial score (nSPS) is 21.4. The van der Waals surface area contributed by atoms with Crippen molar-refractivity contribution in [3.63, 3.8) is 0 Å². The second-order valence-corrected chi connectivity index (χ2v) is 9.81. The summed E-state index contributed by atoms with van der Waals surface area (Å²) in [4.78, 5) is 25.4. The summed E-state index contributed by atoms with van der Waals surface area (Å²) >= 11 is 1.56. The molecule has 1 atom stereocenters. The Labute approximate surface area is 174 Å². The van der Waals surface area contributed by atoms with Crippen molar-refractivity contribution in [2.24, 2.45) is 5.41 Å². The fourth-order valence-corrected chi connectivity index (χ4v) is 5.61. The van der Waals surface area contributed by atoms with Gasteiger partial charge in [-0.05, 0) is 29.9 Å². The topological polar surface area (TPSA) is 55.3 Å². The van der Waals surface area contributed by atoms with Crippen molar-refractivity contribution in [1.29, 1.82) is 0 Å². The van der Waals surface area contributed by atoms with E-state index >= 15 is 0 Å². The Balaban J connectivity index is 1.46. The van der Waals surface area contributed by atoms with Gasteiger partial charge in [-0.15, -0.1) is 0 Å². The minimum absolute atomic E-state index is 0.00550. The van der Waals surface area contributed by atoms with Gasteiger partial charge < -0.3 is 9.64 Å². The van der Waals surface area contributed by atoms with Crippen LogP contribution in [-0.2, 0) is 17.6 Å². The molecule has 29 heavy (non-hydrogen) atoms. The zero-order valence-corrected chi connectivity index (χ0v) is 17.7. The highest BCUT2D eigenvalue weighted by Gasteiger charge is 2.36. The van der Waals surface area contributed by atoms with Crippen LogP contribution in [0.4, 0.5) is 5.13 Å². The number of ketones is 1. The van der Waals surface area contributed by atoms with Crippen LogP contribution in [0.15, 0.2) is 36.5 Å². The summed E-state index contributed by atoms with van der Waals surface area (Å²) < 4.78 is 5.82. The first-order valence-electron chi connectivity index (χ1n) is 10.2. The number of rotatable bonds is 3. The smallest absolute Gasteiger partial charge is 0.186 e. The average molecular weight is 408 g/mol. The number of benzene rings is 1. The molecule has 3 heterocycles. The van der Waals surface area contributed by atoms with Crippen molar-refractivity contribution in [2.75, 3.05) is 24.7 Å². The van der Waals surface area contributed by atoms with Crippen molar-refractivity contribution < 1.29 is 9.53 Å². The SMILES string of the molecule is CC1(C)CC(=O)c2sc(N3CCOCC3Cc3cccc4cccnc34)nc2C1. The van der Waals surface area contributed by atoms with Crippen LogP contribution >= 0.6 is 11.3 Å². The third-order valence-electron chi connectivity index (χ3n) is 5.87. The van der Waals surface area contributed by atoms with Gasteiger partial charge in [0.1, 0.15) is 0 Å². The Kier molecular flexibility index (Phi) is 4.63. The zero-order chi connectivity index (χ0) is 20.0. The van der Waals surface area contributed by atoms with Gasteiger partial charge in [-0.1, -0.05) is 49.4 Å². The summed E-state index contributed by atoms with van der Waals surface area (Å²) in [6.07, 6.45) is 4.17. The molecule has 1 fully saturated rings. The molecule has 0 N–H and O–H groups in total. The fourth-order valence-electron chi connectivity index (χ4n) is 4.49. The third kappa shape index (κ3) is 3.55. The fraction of sp³-hybridized carbons (Fsp3) is 0.435. The maximum Gasteiger partial charge on any atom is 0.186 e. The summed E-state index contributed by atoms with van der Waals surface area (Å²) in [7, 11) is 0. The molecule has 0 spiro atoms. The zero-order valence-electron chi connectivity index (χ0n) is 16.9. The number of hydrogen-bond acceptors (Lipinski definition) is 6. The Morgan fingerprint density at radius 2 is 2.10 bits per heavy atom. The first-order valence-corrected chi connectivity index (χ1v) is 11.0. The molecule has 0 radical (unpaired) electrons. The number of nitrogens with zero attached hydrogens (tertiary/aromatic N) is 3. The molecule has 1 aliphatic carbocycles. The number of thiazole rings is 1. The van der Waals surface area contributed by atoms with Gasteiger partial charge in [-0.2, -0.15) is 0 Å². The number of fused-ring (bicyclic) bond motifs is 2. The molecule has 5 rings (SSSR count). The van der Waals surface area contributed by atoms with Gasteiger partial charge in [0.15, 0.2) is 10.9 Å². The van der Waals surface area contributed by atoms with Crippen LogP contribution in [0.2, 0.25) is 0 Å². The Hall–Kier alpha value is -2.31. The molecular formula is C23H25N3O2S. The summed E-state index contributed by atoms with van der Waals surface area (Å²) in [6.45, 7) is 6.45. The van der Waals surface area contributed by atoms with Crippen molar-refractivity contribution in [2.45, 2.75) is 39.2 Å². The Bertz CT molecular complexity index is 1070. The first-order chi connectivity index (χ1) is 14.0. The van der Waals surface area contributed by atoms with Gasteiger partial charge in [-0.25, -0.2) is 4.98 Å². The number of morpholine rings is 1. The summed E-state index contributed by atoms with van der Waals surface area (Å²) in [5.41, 5.74) is 3.25. The Morgan fingerprint density at radius 1 is 1.24 bits per heavy atom. The lowest BCUT2D eigenvalue weighted by molar-refractivity contribution is 0.0915. The maximum absolute atomic E-state index is 12.6. The van der Waals surface area contributed by atoms with E-state index in [1.165, 1.54) is 5.56 Å². The molecule has 0 bridgehead atoms. The van der Waals surface area contributed by atoms with Crippen LogP contribution < -0.4 is 4.90 Å². The van der Waals surface area contributed by atoms with Gasteiger partial charge in [0, 0.05) is 24.5 Å². The van der Waals surface area contributed by atoms with Gasteiger partial charge in [-0.3, -0.25) is 9.78 Å². The van der Waals surface area contributed by atoms with Crippen molar-refractivity contribution in [3.8, 4) is 0 Å². The molecule has 2 aromatic heterocycles. The molecule has 0 amide bonds. The second-order valence-electron chi connectivity index (χ2n) is 8.83. The summed E-state index contributed by atoms with van der Waals surface area (Å²) in [6, 6.07) is 10.6. The molecule has 1 aliphatic heterocycles. The molecule has 1 saturated heterocycles. The number of ether oxygens (including phenoxy) is 1. The van der Waals surface area contributed by atoms with E-state index in [0.717, 1.165) is 46.0 Å². The third-order valence-corrected chi connectivity index (χ3v) is 7.05. The molecular weight excluding hydrogens is 382 g/mol. The molecule has 2 aliphatic rings. The molecule has 150 valence electrons. The number of carbonyl (C=O) groups excluding carboxylic acids is 1. The lowest BCUT2D eigenvalue weighted by atomic mass is 9.78. The largest absolute Gasteiger partial charge is 0.377 e. The average Bonchev–Trinajstić information content (AvgIpc) is 3.12. The van der Waals surface area contributed by atoms with E-state index in [2.05, 4.69) is 48.0 Å². The van der Waals surface area contributed by atoms with E-state index < -0.39 is 0 Å². The van der Waals surface area contributed by atoms with Crippen LogP contribution in [-0.4, -0.2) is 41.6 Å². The van der Waals surface area contributed by atoms with E-state index in [9.17, 15) is 4.79 Å². The molecule has 3 aromatic rings. The van der Waals surface area contributed by atoms with Crippen LogP contribution in [0.5, 0.6) is 0 Å². The van der Waals surface area contributed by atoms with Crippen LogP contribution in [0, 0.1) is 5.41 Å². The minimum atomic E-state index is -0.00550. The molecule has 1 unspecified atom stereocenters. The first kappa shape index (κ1) is 18.7. The highest BCUT2D eigenvalue weighted by Crippen LogP contribution is 2.40. The molecule has 1 aromatic carbocycles. The van der Waals surface area contributed by atoms with Gasteiger partial charge in [0.2, 0.25) is 0 Å². The van der Waals surface area contributed by atoms with Crippen molar-refractivity contribution in [3.05, 3.63) is 52.7 Å². The lowest BCUT2D eigenvalue weighted by Gasteiger charge is -2.35. The number of hydrogen-bond donors (Lipinski definition) is 0. The number of carbonyl (C=O) groups is 1. The predicted octanol–water partition coefficient (Wildman–Crippen LogP) is 4.29. The Morgan fingerprint density at radius 3 is 3.00 bits per heavy atom. The number of para-hydroxylation sites is 1. The number of Topliss-reactive ketones (excluding diaryl/α,β-unsaturated/α-hetero) is 1. The van der Waals surface area contributed by atoms with E-state index in [4.69, 9.17) is 9.72 Å². The minimum Gasteiger partial charge on any atom is -0.377 e. The van der Waals surface area contributed by atoms with Crippen LogP contribution in [0.1, 0.15) is 41.2 Å². The summed E-state index contributed by atoms with van der Waals surface area (Å²) in [5, 5.41) is 2.12. The van der Waals surface area contributed by atoms with Crippen molar-refractivity contribution >= 4 is 33.2 Å². The highest BCUT2D eigenvalue weighted by molar-refractivity contribution is 7.17. The molecule has 6 heteroatoms. The van der Waals surface area contributed by atoms with E-state index in [1.807, 2.05) is 12.3 Å².